The molecule has 0 unspecified atom stereocenters. The molecule has 1 aliphatic rings. The highest BCUT2D eigenvalue weighted by Gasteiger charge is 2.34. The normalized spacial score (nSPS) is 14.3. The Labute approximate surface area is 235 Å². The molecule has 0 spiro atoms. The number of thioether (sulfide) groups is 1. The second-order valence-corrected chi connectivity index (χ2v) is 10.9. The van der Waals surface area contributed by atoms with Crippen LogP contribution >= 0.6 is 55.8 Å². The number of carbonyl (C=O) groups excluding carboxylic acids is 2. The lowest BCUT2D eigenvalue weighted by atomic mass is 10.1. The molecule has 4 rings (SSSR count). The number of halogens is 2. The Hall–Kier alpha value is -2.66. The first-order valence-corrected chi connectivity index (χ1v) is 13.6. The van der Waals surface area contributed by atoms with E-state index in [4.69, 9.17) is 21.7 Å². The number of rotatable bonds is 8. The zero-order chi connectivity index (χ0) is 25.7. The van der Waals surface area contributed by atoms with Crippen LogP contribution in [-0.4, -0.2) is 27.8 Å². The van der Waals surface area contributed by atoms with Crippen molar-refractivity contribution < 1.29 is 19.1 Å². The third kappa shape index (κ3) is 6.36. The van der Waals surface area contributed by atoms with Crippen LogP contribution < -0.4 is 14.9 Å². The Bertz CT molecular complexity index is 1330. The summed E-state index contributed by atoms with van der Waals surface area (Å²) < 4.78 is 13.8. The van der Waals surface area contributed by atoms with E-state index in [9.17, 15) is 9.59 Å². The monoisotopic (exact) mass is 646 g/mol. The van der Waals surface area contributed by atoms with Crippen molar-refractivity contribution in [3.05, 3.63) is 97.3 Å². The molecule has 10 heteroatoms. The van der Waals surface area contributed by atoms with Crippen molar-refractivity contribution in [2.75, 3.05) is 6.61 Å². The van der Waals surface area contributed by atoms with Crippen molar-refractivity contribution in [1.29, 1.82) is 0 Å². The summed E-state index contributed by atoms with van der Waals surface area (Å²) in [5, 5.41) is 1.09. The molecular formula is C26H20Br2N2O4S2. The predicted octanol–water partition coefficient (Wildman–Crippen LogP) is 6.74. The number of thiocarbonyl (C=S) groups is 1. The van der Waals surface area contributed by atoms with Gasteiger partial charge in [0.25, 0.3) is 11.8 Å². The molecule has 1 N–H and O–H groups in total. The Morgan fingerprint density at radius 3 is 2.50 bits per heavy atom. The minimum absolute atomic E-state index is 0.245. The first kappa shape index (κ1) is 26.4. The molecular weight excluding hydrogens is 628 g/mol. The van der Waals surface area contributed by atoms with Gasteiger partial charge in [0, 0.05) is 10.0 Å². The van der Waals surface area contributed by atoms with Crippen LogP contribution in [0.5, 0.6) is 11.5 Å². The summed E-state index contributed by atoms with van der Waals surface area (Å²) in [5.41, 5.74) is 4.74. The van der Waals surface area contributed by atoms with Crippen molar-refractivity contribution in [2.45, 2.75) is 13.5 Å². The number of hydrazine groups is 1. The molecule has 0 saturated carbocycles. The highest BCUT2D eigenvalue weighted by Crippen LogP contribution is 2.39. The summed E-state index contributed by atoms with van der Waals surface area (Å²) in [4.78, 5) is 25.9. The largest absolute Gasteiger partial charge is 0.490 e. The molecule has 184 valence electrons. The zero-order valence-electron chi connectivity index (χ0n) is 19.0. The zero-order valence-corrected chi connectivity index (χ0v) is 23.8. The molecule has 0 aromatic heterocycles. The highest BCUT2D eigenvalue weighted by molar-refractivity contribution is 9.10. The predicted molar refractivity (Wildman–Crippen MR) is 153 cm³/mol. The molecule has 3 aromatic carbocycles. The van der Waals surface area contributed by atoms with Gasteiger partial charge in [-0.2, -0.15) is 5.01 Å². The summed E-state index contributed by atoms with van der Waals surface area (Å²) in [6, 6.07) is 20.2. The van der Waals surface area contributed by atoms with Crippen molar-refractivity contribution >= 4 is 78.1 Å². The molecule has 1 saturated heterocycles. The minimum atomic E-state index is -0.415. The summed E-state index contributed by atoms with van der Waals surface area (Å²) in [7, 11) is 0. The molecule has 0 aliphatic carbocycles. The number of benzene rings is 3. The molecule has 3 aromatic rings. The summed E-state index contributed by atoms with van der Waals surface area (Å²) >= 11 is 13.5. The Kier molecular flexibility index (Phi) is 8.84. The van der Waals surface area contributed by atoms with Gasteiger partial charge in [-0.3, -0.25) is 15.0 Å². The number of hydrogen-bond donors (Lipinski definition) is 1. The van der Waals surface area contributed by atoms with Crippen LogP contribution in [-0.2, 0) is 11.4 Å². The fraction of sp³-hybridized carbons (Fsp3) is 0.115. The third-order valence-electron chi connectivity index (χ3n) is 4.97. The lowest BCUT2D eigenvalue weighted by Crippen LogP contribution is -2.44. The van der Waals surface area contributed by atoms with Gasteiger partial charge in [0.1, 0.15) is 6.61 Å². The van der Waals surface area contributed by atoms with Crippen LogP contribution in [0.2, 0.25) is 0 Å². The van der Waals surface area contributed by atoms with Gasteiger partial charge >= 0.3 is 0 Å². The minimum Gasteiger partial charge on any atom is -0.490 e. The van der Waals surface area contributed by atoms with E-state index in [0.29, 0.717) is 39.7 Å². The van der Waals surface area contributed by atoms with E-state index >= 15 is 0 Å². The fourth-order valence-corrected chi connectivity index (χ4v) is 5.30. The summed E-state index contributed by atoms with van der Waals surface area (Å²) in [6.07, 6.45) is 1.71. The van der Waals surface area contributed by atoms with Crippen molar-refractivity contribution in [1.82, 2.24) is 10.4 Å². The van der Waals surface area contributed by atoms with E-state index in [-0.39, 0.29) is 4.32 Å². The molecule has 6 nitrogen and oxygen atoms in total. The number of amides is 2. The van der Waals surface area contributed by atoms with E-state index in [0.717, 1.165) is 32.4 Å². The van der Waals surface area contributed by atoms with Crippen LogP contribution in [0.25, 0.3) is 6.08 Å². The molecule has 2 amide bonds. The molecule has 1 aliphatic heterocycles. The Balaban J connectivity index is 1.53. The van der Waals surface area contributed by atoms with Crippen LogP contribution in [0.15, 0.2) is 80.6 Å². The molecule has 0 radical (unpaired) electrons. The van der Waals surface area contributed by atoms with Crippen molar-refractivity contribution in [2.24, 2.45) is 0 Å². The van der Waals surface area contributed by atoms with Gasteiger partial charge in [-0.05, 0) is 88.7 Å². The fourth-order valence-electron chi connectivity index (χ4n) is 3.28. The number of ether oxygens (including phenoxy) is 2. The molecule has 0 bridgehead atoms. The van der Waals surface area contributed by atoms with Crippen LogP contribution in [0.4, 0.5) is 0 Å². The van der Waals surface area contributed by atoms with Crippen LogP contribution in [0.3, 0.4) is 0 Å². The Morgan fingerprint density at radius 1 is 1.08 bits per heavy atom. The quantitative estimate of drug-likeness (QED) is 0.216. The molecule has 1 fully saturated rings. The average Bonchev–Trinajstić information content (AvgIpc) is 3.12. The molecule has 36 heavy (non-hydrogen) atoms. The highest BCUT2D eigenvalue weighted by atomic mass is 79.9. The number of carbonyl (C=O) groups is 2. The van der Waals surface area contributed by atoms with Gasteiger partial charge in [0.05, 0.1) is 16.0 Å². The maximum absolute atomic E-state index is 13.0. The van der Waals surface area contributed by atoms with E-state index in [1.807, 2.05) is 43.3 Å². The molecule has 1 heterocycles. The van der Waals surface area contributed by atoms with Gasteiger partial charge in [-0.15, -0.1) is 0 Å². The lowest BCUT2D eigenvalue weighted by Gasteiger charge is -2.16. The summed E-state index contributed by atoms with van der Waals surface area (Å²) in [6.45, 7) is 2.70. The smallest absolute Gasteiger partial charge is 0.285 e. The second kappa shape index (κ2) is 12.1. The number of nitrogens with one attached hydrogen (secondary N) is 1. The van der Waals surface area contributed by atoms with Crippen molar-refractivity contribution in [3.8, 4) is 11.5 Å². The maximum atomic E-state index is 13.0. The van der Waals surface area contributed by atoms with Gasteiger partial charge in [-0.1, -0.05) is 58.0 Å². The summed E-state index contributed by atoms with van der Waals surface area (Å²) in [5.74, 6) is 0.295. The maximum Gasteiger partial charge on any atom is 0.285 e. The first-order valence-electron chi connectivity index (χ1n) is 10.8. The SMILES string of the molecule is CCOc1cc(/C=C2/SC(=S)N(NC(=O)c3ccccc3)C2=O)cc(Br)c1OCc1ccc(Br)cc1. The van der Waals surface area contributed by atoms with Gasteiger partial charge in [-0.25, -0.2) is 0 Å². The van der Waals surface area contributed by atoms with E-state index in [2.05, 4.69) is 37.3 Å². The Morgan fingerprint density at radius 2 is 1.81 bits per heavy atom. The van der Waals surface area contributed by atoms with Crippen LogP contribution in [0, 0.1) is 0 Å². The lowest BCUT2D eigenvalue weighted by molar-refractivity contribution is -0.123. The number of nitrogens with zero attached hydrogens (tertiary/aromatic N) is 1. The van der Waals surface area contributed by atoms with Gasteiger partial charge in [0.15, 0.2) is 15.8 Å². The third-order valence-corrected chi connectivity index (χ3v) is 7.39. The van der Waals surface area contributed by atoms with Gasteiger partial charge in [0.2, 0.25) is 0 Å². The standard InChI is InChI=1S/C26H20Br2N2O4S2/c1-2-33-21-13-17(12-20(28)23(21)34-15-16-8-10-19(27)11-9-16)14-22-25(32)30(26(35)36-22)29-24(31)18-6-4-3-5-7-18/h3-14H,2,15H2,1H3,(H,29,31)/b22-14+. The first-order chi connectivity index (χ1) is 17.4. The van der Waals surface area contributed by atoms with E-state index < -0.39 is 11.8 Å². The molecule has 0 atom stereocenters. The van der Waals surface area contributed by atoms with Crippen molar-refractivity contribution in [3.63, 3.8) is 0 Å². The van der Waals surface area contributed by atoms with Crippen LogP contribution in [0.1, 0.15) is 28.4 Å². The second-order valence-electron chi connectivity index (χ2n) is 7.50. The van der Waals surface area contributed by atoms with Gasteiger partial charge < -0.3 is 9.47 Å². The topological polar surface area (TPSA) is 67.9 Å². The number of hydrogen-bond acceptors (Lipinski definition) is 6. The van der Waals surface area contributed by atoms with E-state index in [1.54, 1.807) is 36.4 Å². The van der Waals surface area contributed by atoms with E-state index in [1.165, 1.54) is 0 Å². The average molecular weight is 648 g/mol.